The Morgan fingerprint density at radius 2 is 2.00 bits per heavy atom. The summed E-state index contributed by atoms with van der Waals surface area (Å²) in [6.45, 7) is 16.1. The largest absolute Gasteiger partial charge is 0.415 e. The Labute approximate surface area is 97.5 Å². The van der Waals surface area contributed by atoms with Gasteiger partial charge in [0, 0.05) is 0 Å². The van der Waals surface area contributed by atoms with Crippen LogP contribution in [0.3, 0.4) is 0 Å². The van der Waals surface area contributed by atoms with Gasteiger partial charge in [0.1, 0.15) is 0 Å². The summed E-state index contributed by atoms with van der Waals surface area (Å²) < 4.78 is 6.55. The van der Waals surface area contributed by atoms with Gasteiger partial charge in [0.05, 0.1) is 13.2 Å². The van der Waals surface area contributed by atoms with Crippen LogP contribution in [0.25, 0.3) is 0 Å². The smallest absolute Gasteiger partial charge is 0.177 e. The molecule has 1 atom stereocenters. The fourth-order valence-electron chi connectivity index (χ4n) is 2.75. The van der Waals surface area contributed by atoms with E-state index in [0.717, 1.165) is 6.42 Å². The maximum absolute atomic E-state index is 6.55. The molecule has 0 saturated carbocycles. The number of hydrogen-bond donors (Lipinski definition) is 0. The summed E-state index contributed by atoms with van der Waals surface area (Å²) in [6, 6.07) is 2.72. The van der Waals surface area contributed by atoms with E-state index in [0.29, 0.717) is 0 Å². The zero-order chi connectivity index (χ0) is 11.7. The Morgan fingerprint density at radius 3 is 2.47 bits per heavy atom. The molecule has 0 aliphatic carbocycles. The van der Waals surface area contributed by atoms with E-state index in [1.54, 1.807) is 0 Å². The summed E-state index contributed by atoms with van der Waals surface area (Å²) in [5.41, 5.74) is 0.144. The monoisotopic (exact) mass is 243 g/mol. The SMILES string of the molecule is [CH2]CC[Si](C)(C)[Si]1(C)CCCC(C)(C)O1. The van der Waals surface area contributed by atoms with Crippen LogP contribution in [0, 0.1) is 6.92 Å². The summed E-state index contributed by atoms with van der Waals surface area (Å²) in [7, 11) is -2.58. The fraction of sp³-hybridized carbons (Fsp3) is 0.917. The minimum absolute atomic E-state index is 0.144. The van der Waals surface area contributed by atoms with Gasteiger partial charge in [-0.3, -0.25) is 0 Å². The van der Waals surface area contributed by atoms with Crippen molar-refractivity contribution >= 4 is 15.4 Å². The van der Waals surface area contributed by atoms with Crippen molar-refractivity contribution in [1.82, 2.24) is 0 Å². The molecular formula is C12H27OSi2. The predicted molar refractivity (Wildman–Crippen MR) is 73.1 cm³/mol. The average molecular weight is 244 g/mol. The third kappa shape index (κ3) is 2.95. The summed E-state index contributed by atoms with van der Waals surface area (Å²) in [5, 5.41) is 0. The van der Waals surface area contributed by atoms with Crippen molar-refractivity contribution in [3.63, 3.8) is 0 Å². The minimum Gasteiger partial charge on any atom is -0.415 e. The lowest BCUT2D eigenvalue weighted by atomic mass is 10.0. The molecule has 0 aromatic carbocycles. The standard InChI is InChI=1S/C12H27OSi2/c1-7-10-14(4,5)15(6)11-8-9-12(2,3)13-15/h1,7-11H2,2-6H3. The third-order valence-corrected chi connectivity index (χ3v) is 21.3. The van der Waals surface area contributed by atoms with Gasteiger partial charge >= 0.3 is 0 Å². The van der Waals surface area contributed by atoms with E-state index in [1.165, 1.54) is 24.9 Å². The van der Waals surface area contributed by atoms with Gasteiger partial charge in [-0.2, -0.15) is 0 Å². The molecule has 1 aliphatic rings. The van der Waals surface area contributed by atoms with E-state index in [4.69, 9.17) is 4.43 Å². The van der Waals surface area contributed by atoms with Crippen LogP contribution in [-0.2, 0) is 4.43 Å². The molecule has 1 aliphatic heterocycles. The molecule has 1 unspecified atom stereocenters. The normalized spacial score (nSPS) is 31.6. The molecule has 0 aromatic heterocycles. The highest BCUT2D eigenvalue weighted by Crippen LogP contribution is 2.39. The highest BCUT2D eigenvalue weighted by molar-refractivity contribution is 7.38. The van der Waals surface area contributed by atoms with Crippen LogP contribution in [0.5, 0.6) is 0 Å². The van der Waals surface area contributed by atoms with Crippen molar-refractivity contribution in [2.75, 3.05) is 0 Å². The van der Waals surface area contributed by atoms with Crippen LogP contribution in [0.15, 0.2) is 0 Å². The molecule has 15 heavy (non-hydrogen) atoms. The number of rotatable bonds is 3. The van der Waals surface area contributed by atoms with Gasteiger partial charge in [-0.1, -0.05) is 38.9 Å². The van der Waals surface area contributed by atoms with Crippen LogP contribution < -0.4 is 0 Å². The quantitative estimate of drug-likeness (QED) is 0.676. The molecule has 1 rings (SSSR count). The molecular weight excluding hydrogens is 216 g/mol. The average Bonchev–Trinajstić information content (AvgIpc) is 2.00. The van der Waals surface area contributed by atoms with Gasteiger partial charge < -0.3 is 4.43 Å². The van der Waals surface area contributed by atoms with Gasteiger partial charge in [0.15, 0.2) is 7.83 Å². The van der Waals surface area contributed by atoms with E-state index < -0.39 is 15.4 Å². The van der Waals surface area contributed by atoms with Crippen molar-refractivity contribution in [2.45, 2.75) is 70.4 Å². The van der Waals surface area contributed by atoms with Crippen molar-refractivity contribution < 1.29 is 4.43 Å². The molecule has 0 spiro atoms. The van der Waals surface area contributed by atoms with Crippen molar-refractivity contribution in [2.24, 2.45) is 0 Å². The highest BCUT2D eigenvalue weighted by Gasteiger charge is 2.50. The summed E-state index contributed by atoms with van der Waals surface area (Å²) in [6.07, 6.45) is 3.71. The number of hydrogen-bond acceptors (Lipinski definition) is 1. The predicted octanol–water partition coefficient (Wildman–Crippen LogP) is 4.16. The Hall–Kier alpha value is 0.394. The Balaban J connectivity index is 2.81. The first kappa shape index (κ1) is 13.5. The first-order valence-electron chi connectivity index (χ1n) is 6.22. The first-order chi connectivity index (χ1) is 6.72. The molecule has 1 radical (unpaired) electrons. The van der Waals surface area contributed by atoms with E-state index in [1.807, 2.05) is 0 Å². The lowest BCUT2D eigenvalue weighted by Crippen LogP contribution is -2.63. The molecule has 0 N–H and O–H groups in total. The van der Waals surface area contributed by atoms with Crippen LogP contribution in [0.1, 0.15) is 33.1 Å². The maximum Gasteiger partial charge on any atom is 0.177 e. The third-order valence-electron chi connectivity index (χ3n) is 4.17. The summed E-state index contributed by atoms with van der Waals surface area (Å²) >= 11 is 0. The fourth-order valence-corrected chi connectivity index (χ4v) is 13.7. The molecule has 0 aromatic rings. The van der Waals surface area contributed by atoms with Crippen molar-refractivity contribution in [3.8, 4) is 0 Å². The van der Waals surface area contributed by atoms with Crippen molar-refractivity contribution in [1.29, 1.82) is 0 Å². The Bertz CT molecular complexity index is 226. The highest BCUT2D eigenvalue weighted by atomic mass is 29.3. The van der Waals surface area contributed by atoms with Gasteiger partial charge in [-0.05, 0) is 32.9 Å². The second kappa shape index (κ2) is 4.34. The Kier molecular flexibility index (Phi) is 3.89. The van der Waals surface area contributed by atoms with Gasteiger partial charge in [0.25, 0.3) is 0 Å². The summed E-state index contributed by atoms with van der Waals surface area (Å²) in [5.74, 6) is 0. The second-order valence-corrected chi connectivity index (χ2v) is 21.1. The molecule has 1 fully saturated rings. The van der Waals surface area contributed by atoms with Crippen LogP contribution >= 0.6 is 0 Å². The lowest BCUT2D eigenvalue weighted by molar-refractivity contribution is 0.0764. The van der Waals surface area contributed by atoms with Gasteiger partial charge in [-0.15, -0.1) is 0 Å². The minimum atomic E-state index is -1.42. The zero-order valence-electron chi connectivity index (χ0n) is 11.2. The molecule has 1 saturated heterocycles. The van der Waals surface area contributed by atoms with Gasteiger partial charge in [0.2, 0.25) is 0 Å². The van der Waals surface area contributed by atoms with E-state index >= 15 is 0 Å². The molecule has 0 amide bonds. The van der Waals surface area contributed by atoms with Crippen LogP contribution in [-0.4, -0.2) is 21.0 Å². The van der Waals surface area contributed by atoms with Crippen LogP contribution in [0.2, 0.25) is 31.7 Å². The first-order valence-corrected chi connectivity index (χ1v) is 13.0. The summed E-state index contributed by atoms with van der Waals surface area (Å²) in [4.78, 5) is 0. The Morgan fingerprint density at radius 1 is 1.40 bits per heavy atom. The van der Waals surface area contributed by atoms with E-state index in [2.05, 4.69) is 40.4 Å². The van der Waals surface area contributed by atoms with E-state index in [-0.39, 0.29) is 5.60 Å². The molecule has 0 bridgehead atoms. The zero-order valence-corrected chi connectivity index (χ0v) is 13.2. The lowest BCUT2D eigenvalue weighted by Gasteiger charge is -2.49. The molecule has 1 heterocycles. The second-order valence-electron chi connectivity index (χ2n) is 6.43. The van der Waals surface area contributed by atoms with E-state index in [9.17, 15) is 0 Å². The van der Waals surface area contributed by atoms with Crippen molar-refractivity contribution in [3.05, 3.63) is 6.92 Å². The molecule has 3 heteroatoms. The molecule has 89 valence electrons. The van der Waals surface area contributed by atoms with Crippen LogP contribution in [0.4, 0.5) is 0 Å². The molecule has 1 nitrogen and oxygen atoms in total. The van der Waals surface area contributed by atoms with Gasteiger partial charge in [-0.25, -0.2) is 0 Å². The maximum atomic E-state index is 6.55. The topological polar surface area (TPSA) is 9.23 Å².